The van der Waals surface area contributed by atoms with Gasteiger partial charge in [0, 0.05) is 11.0 Å². The minimum Gasteiger partial charge on any atom is -0.292 e. The van der Waals surface area contributed by atoms with E-state index in [1.54, 1.807) is 0 Å². The molecule has 0 unspecified atom stereocenters. The van der Waals surface area contributed by atoms with Crippen molar-refractivity contribution in [2.45, 2.75) is 96.8 Å². The van der Waals surface area contributed by atoms with Gasteiger partial charge in [-0.2, -0.15) is 0 Å². The number of benzene rings is 4. The summed E-state index contributed by atoms with van der Waals surface area (Å²) < 4.78 is 2.46. The van der Waals surface area contributed by atoms with Gasteiger partial charge in [-0.3, -0.25) is 4.57 Å². The van der Waals surface area contributed by atoms with Gasteiger partial charge in [-0.1, -0.05) is 121 Å². The lowest BCUT2D eigenvalue weighted by Crippen LogP contribution is -2.15. The largest absolute Gasteiger partial charge is 0.292 e. The number of imidazole rings is 1. The first kappa shape index (κ1) is 27.2. The summed E-state index contributed by atoms with van der Waals surface area (Å²) in [4.78, 5) is 5.33. The second-order valence-electron chi connectivity index (χ2n) is 13.9. The van der Waals surface area contributed by atoms with E-state index in [-0.39, 0.29) is 5.41 Å². The molecule has 7 rings (SSSR count). The molecule has 214 valence electrons. The lowest BCUT2D eigenvalue weighted by atomic mass is 9.80. The molecule has 0 aliphatic heterocycles. The van der Waals surface area contributed by atoms with Crippen molar-refractivity contribution >= 4 is 11.0 Å². The number of hydrogen-bond donors (Lipinski definition) is 0. The van der Waals surface area contributed by atoms with Gasteiger partial charge in [0.2, 0.25) is 0 Å². The summed E-state index contributed by atoms with van der Waals surface area (Å²) in [5.74, 6) is 2.53. The molecule has 4 aromatic carbocycles. The zero-order chi connectivity index (χ0) is 29.2. The van der Waals surface area contributed by atoms with Gasteiger partial charge in [-0.25, -0.2) is 4.98 Å². The van der Waals surface area contributed by atoms with Crippen LogP contribution in [0.1, 0.15) is 119 Å². The molecule has 2 aliphatic carbocycles. The monoisotopic (exact) mass is 552 g/mol. The molecule has 0 atom stereocenters. The fourth-order valence-electron chi connectivity index (χ4n) is 7.83. The molecule has 0 N–H and O–H groups in total. The summed E-state index contributed by atoms with van der Waals surface area (Å²) in [6.07, 6.45) is 6.76. The molecule has 2 nitrogen and oxygen atoms in total. The molecule has 1 saturated carbocycles. The molecular formula is C40H44N2. The average molecular weight is 553 g/mol. The fraction of sp³-hybridized carbons (Fsp3) is 0.375. The predicted octanol–water partition coefficient (Wildman–Crippen LogP) is 11.3. The minimum absolute atomic E-state index is 0.0104. The highest BCUT2D eigenvalue weighted by Gasteiger charge is 2.36. The molecule has 1 fully saturated rings. The number of aromatic nitrogens is 2. The summed E-state index contributed by atoms with van der Waals surface area (Å²) in [5, 5.41) is 0. The van der Waals surface area contributed by atoms with Crippen LogP contribution in [0.3, 0.4) is 0 Å². The molecule has 1 heterocycles. The Bertz CT molecular complexity index is 1770. The van der Waals surface area contributed by atoms with Crippen LogP contribution in [-0.4, -0.2) is 9.55 Å². The summed E-state index contributed by atoms with van der Waals surface area (Å²) in [7, 11) is 0. The Morgan fingerprint density at radius 3 is 2.05 bits per heavy atom. The van der Waals surface area contributed by atoms with Gasteiger partial charge >= 0.3 is 0 Å². The van der Waals surface area contributed by atoms with E-state index in [9.17, 15) is 0 Å². The number of hydrogen-bond acceptors (Lipinski definition) is 1. The SMILES string of the molecule is CC(C)c1cccc(C(C)C)c1-n1c(-c2ccc3c(c2)-c2cc(C4CCCCC4)ccc2C3(C)C)nc2ccccc21. The lowest BCUT2D eigenvalue weighted by molar-refractivity contribution is 0.443. The Kier molecular flexibility index (Phi) is 6.65. The number of nitrogens with zero attached hydrogens (tertiary/aromatic N) is 2. The van der Waals surface area contributed by atoms with E-state index in [4.69, 9.17) is 4.98 Å². The van der Waals surface area contributed by atoms with Crippen molar-refractivity contribution in [1.29, 1.82) is 0 Å². The van der Waals surface area contributed by atoms with Gasteiger partial charge < -0.3 is 0 Å². The maximum absolute atomic E-state index is 5.33. The zero-order valence-corrected chi connectivity index (χ0v) is 26.2. The Hall–Kier alpha value is -3.65. The van der Waals surface area contributed by atoms with Crippen LogP contribution in [0.2, 0.25) is 0 Å². The zero-order valence-electron chi connectivity index (χ0n) is 26.2. The number of para-hydroxylation sites is 3. The Balaban J connectivity index is 1.46. The van der Waals surface area contributed by atoms with Crippen LogP contribution < -0.4 is 0 Å². The van der Waals surface area contributed by atoms with Gasteiger partial charge in [0.1, 0.15) is 5.82 Å². The lowest BCUT2D eigenvalue weighted by Gasteiger charge is -2.24. The second kappa shape index (κ2) is 10.3. The molecule has 0 bridgehead atoms. The van der Waals surface area contributed by atoms with Crippen molar-refractivity contribution in [3.8, 4) is 28.2 Å². The molecule has 2 aliphatic rings. The molecule has 0 spiro atoms. The molecule has 0 radical (unpaired) electrons. The van der Waals surface area contributed by atoms with Crippen molar-refractivity contribution in [2.24, 2.45) is 0 Å². The normalized spacial score (nSPS) is 16.4. The van der Waals surface area contributed by atoms with Crippen LogP contribution in [0.25, 0.3) is 39.2 Å². The minimum atomic E-state index is -0.0104. The Labute approximate surface area is 251 Å². The fourth-order valence-corrected chi connectivity index (χ4v) is 7.83. The number of rotatable bonds is 5. The highest BCUT2D eigenvalue weighted by Crippen LogP contribution is 2.51. The average Bonchev–Trinajstić information content (AvgIpc) is 3.49. The third-order valence-corrected chi connectivity index (χ3v) is 10.2. The van der Waals surface area contributed by atoms with Crippen LogP contribution in [-0.2, 0) is 5.41 Å². The summed E-state index contributed by atoms with van der Waals surface area (Å²) in [6.45, 7) is 14.0. The van der Waals surface area contributed by atoms with Gasteiger partial charge in [-0.05, 0) is 87.7 Å². The highest BCUT2D eigenvalue weighted by atomic mass is 15.1. The first-order chi connectivity index (χ1) is 20.3. The smallest absolute Gasteiger partial charge is 0.145 e. The molecule has 1 aromatic heterocycles. The van der Waals surface area contributed by atoms with Crippen molar-refractivity contribution in [2.75, 3.05) is 0 Å². The summed E-state index contributed by atoms with van der Waals surface area (Å²) in [5.41, 5.74) is 14.6. The van der Waals surface area contributed by atoms with Crippen molar-refractivity contribution in [3.63, 3.8) is 0 Å². The second-order valence-corrected chi connectivity index (χ2v) is 13.9. The summed E-state index contributed by atoms with van der Waals surface area (Å²) >= 11 is 0. The molecule has 2 heteroatoms. The van der Waals surface area contributed by atoms with Crippen molar-refractivity contribution in [3.05, 3.63) is 107 Å². The van der Waals surface area contributed by atoms with Gasteiger partial charge in [0.25, 0.3) is 0 Å². The molecular weight excluding hydrogens is 508 g/mol. The highest BCUT2D eigenvalue weighted by molar-refractivity contribution is 5.88. The first-order valence-corrected chi connectivity index (χ1v) is 16.2. The Morgan fingerprint density at radius 2 is 1.36 bits per heavy atom. The maximum Gasteiger partial charge on any atom is 0.145 e. The topological polar surface area (TPSA) is 17.8 Å². The Morgan fingerprint density at radius 1 is 0.714 bits per heavy atom. The third-order valence-electron chi connectivity index (χ3n) is 10.2. The van der Waals surface area contributed by atoms with E-state index < -0.39 is 0 Å². The van der Waals surface area contributed by atoms with E-state index in [0.29, 0.717) is 17.8 Å². The summed E-state index contributed by atoms with van der Waals surface area (Å²) in [6, 6.07) is 30.0. The van der Waals surface area contributed by atoms with E-state index in [0.717, 1.165) is 11.3 Å². The van der Waals surface area contributed by atoms with Gasteiger partial charge in [0.05, 0.1) is 16.7 Å². The van der Waals surface area contributed by atoms with Crippen molar-refractivity contribution in [1.82, 2.24) is 9.55 Å². The third kappa shape index (κ3) is 4.25. The first-order valence-electron chi connectivity index (χ1n) is 16.2. The van der Waals surface area contributed by atoms with Crippen LogP contribution in [0, 0.1) is 0 Å². The molecule has 0 saturated heterocycles. The van der Waals surface area contributed by atoms with Crippen LogP contribution >= 0.6 is 0 Å². The van der Waals surface area contributed by atoms with Crippen LogP contribution in [0.5, 0.6) is 0 Å². The van der Waals surface area contributed by atoms with E-state index in [1.165, 1.54) is 87.8 Å². The van der Waals surface area contributed by atoms with Gasteiger partial charge in [-0.15, -0.1) is 0 Å². The van der Waals surface area contributed by atoms with Crippen LogP contribution in [0.4, 0.5) is 0 Å². The van der Waals surface area contributed by atoms with Crippen LogP contribution in [0.15, 0.2) is 78.9 Å². The standard InChI is InChI=1S/C40H44N2/c1-25(2)30-15-12-16-31(26(3)4)38(30)42-37-18-11-10-17-36(37)41-39(42)29-20-22-35-33(24-29)32-23-28(27-13-8-7-9-14-27)19-21-34(32)40(35,5)6/h10-12,15-27H,7-9,13-14H2,1-6H3. The van der Waals surface area contributed by atoms with E-state index in [2.05, 4.69) is 125 Å². The molecule has 5 aromatic rings. The van der Waals surface area contributed by atoms with Gasteiger partial charge in [0.15, 0.2) is 0 Å². The molecule has 0 amide bonds. The van der Waals surface area contributed by atoms with E-state index in [1.807, 2.05) is 0 Å². The quantitative estimate of drug-likeness (QED) is 0.212. The maximum atomic E-state index is 5.33. The van der Waals surface area contributed by atoms with E-state index >= 15 is 0 Å². The predicted molar refractivity (Wildman–Crippen MR) is 178 cm³/mol. The molecule has 42 heavy (non-hydrogen) atoms. The number of fused-ring (bicyclic) bond motifs is 4. The van der Waals surface area contributed by atoms with Crippen molar-refractivity contribution < 1.29 is 0 Å².